The molecular formula is C8H17O4-. The molecule has 3 N–H and O–H groups in total. The lowest BCUT2D eigenvalue weighted by molar-refractivity contribution is -0.300. The summed E-state index contributed by atoms with van der Waals surface area (Å²) in [4.78, 5) is 0. The molecule has 0 saturated carbocycles. The number of aliphatic hydroxyl groups is 3. The van der Waals surface area contributed by atoms with Gasteiger partial charge in [-0.25, -0.2) is 0 Å². The van der Waals surface area contributed by atoms with E-state index in [1.807, 2.05) is 0 Å². The maximum absolute atomic E-state index is 9.33. The molecule has 0 bridgehead atoms. The Bertz CT molecular complexity index is 122. The first-order valence-electron chi connectivity index (χ1n) is 3.55. The van der Waals surface area contributed by atoms with Crippen LogP contribution in [0, 0.1) is 0 Å². The Morgan fingerprint density at radius 3 is 1.83 bits per heavy atom. The first kappa shape index (κ1) is 14.0. The molecular weight excluding hydrogens is 160 g/mol. The van der Waals surface area contributed by atoms with Crippen molar-refractivity contribution < 1.29 is 20.4 Å². The lowest BCUT2D eigenvalue weighted by Crippen LogP contribution is -2.38. The molecule has 74 valence electrons. The van der Waals surface area contributed by atoms with Gasteiger partial charge in [0.15, 0.2) is 0 Å². The van der Waals surface area contributed by atoms with Crippen LogP contribution in [0.15, 0.2) is 12.3 Å². The molecule has 0 amide bonds. The van der Waals surface area contributed by atoms with Crippen LogP contribution in [0.4, 0.5) is 0 Å². The average molecular weight is 177 g/mol. The minimum absolute atomic E-state index is 0.0833. The number of allylic oxidation sites excluding steroid dienone is 1. The first-order chi connectivity index (χ1) is 5.21. The van der Waals surface area contributed by atoms with Gasteiger partial charge in [-0.15, -0.1) is 12.3 Å². The van der Waals surface area contributed by atoms with Crippen LogP contribution >= 0.6 is 0 Å². The monoisotopic (exact) mass is 177 g/mol. The fraction of sp³-hybridized carbons (Fsp3) is 0.750. The van der Waals surface area contributed by atoms with Crippen molar-refractivity contribution in [2.45, 2.75) is 32.5 Å². The molecule has 0 fully saturated rings. The minimum Gasteiger partial charge on any atom is -0.876 e. The van der Waals surface area contributed by atoms with Crippen molar-refractivity contribution in [2.24, 2.45) is 0 Å². The Kier molecular flexibility index (Phi) is 6.98. The van der Waals surface area contributed by atoms with Crippen LogP contribution in [0.1, 0.15) is 20.8 Å². The molecule has 0 aromatic rings. The van der Waals surface area contributed by atoms with Gasteiger partial charge in [0, 0.05) is 0 Å². The highest BCUT2D eigenvalue weighted by molar-refractivity contribution is 4.74. The van der Waals surface area contributed by atoms with Crippen LogP contribution in [0.25, 0.3) is 0 Å². The SMILES string of the molecule is C=C(C)[O-].CC(C)(O)[C@H](O)CO. The zero-order valence-corrected chi connectivity index (χ0v) is 7.74. The lowest BCUT2D eigenvalue weighted by atomic mass is 10.0. The summed E-state index contributed by atoms with van der Waals surface area (Å²) in [5.74, 6) is -0.0833. The molecule has 0 rings (SSSR count). The van der Waals surface area contributed by atoms with E-state index in [4.69, 9.17) is 15.3 Å². The standard InChI is InChI=1S/C5H12O3.C3H6O/c1-5(2,8)4(7)3-6;1-3(2)4/h4,6-8H,3H2,1-2H3;4H,1H2,2H3/p-1/t4-;/m1./s1. The van der Waals surface area contributed by atoms with Gasteiger partial charge in [0.25, 0.3) is 0 Å². The van der Waals surface area contributed by atoms with E-state index in [1.54, 1.807) is 0 Å². The fourth-order valence-electron chi connectivity index (χ4n) is 0.223. The fourth-order valence-corrected chi connectivity index (χ4v) is 0.223. The summed E-state index contributed by atoms with van der Waals surface area (Å²) in [6.07, 6.45) is -1.04. The molecule has 4 heteroatoms. The minimum atomic E-state index is -1.19. The van der Waals surface area contributed by atoms with Crippen molar-refractivity contribution in [3.63, 3.8) is 0 Å². The third-order valence-electron chi connectivity index (χ3n) is 0.988. The van der Waals surface area contributed by atoms with Crippen LogP contribution in [-0.4, -0.2) is 33.6 Å². The van der Waals surface area contributed by atoms with E-state index in [2.05, 4.69) is 6.58 Å². The van der Waals surface area contributed by atoms with E-state index >= 15 is 0 Å². The Balaban J connectivity index is 0. The van der Waals surface area contributed by atoms with E-state index in [-0.39, 0.29) is 5.76 Å². The third-order valence-corrected chi connectivity index (χ3v) is 0.988. The van der Waals surface area contributed by atoms with Crippen LogP contribution in [0.5, 0.6) is 0 Å². The highest BCUT2D eigenvalue weighted by Crippen LogP contribution is 2.05. The summed E-state index contributed by atoms with van der Waals surface area (Å²) < 4.78 is 0. The molecule has 0 spiro atoms. The van der Waals surface area contributed by atoms with Gasteiger partial charge in [0.05, 0.1) is 12.2 Å². The Labute approximate surface area is 72.8 Å². The summed E-state index contributed by atoms with van der Waals surface area (Å²) in [6, 6.07) is 0. The van der Waals surface area contributed by atoms with Crippen LogP contribution < -0.4 is 5.11 Å². The maximum Gasteiger partial charge on any atom is 0.105 e. The van der Waals surface area contributed by atoms with E-state index < -0.39 is 18.3 Å². The van der Waals surface area contributed by atoms with Crippen LogP contribution in [0.3, 0.4) is 0 Å². The topological polar surface area (TPSA) is 83.8 Å². The summed E-state index contributed by atoms with van der Waals surface area (Å²) in [5.41, 5.74) is -1.19. The second kappa shape index (κ2) is 5.99. The van der Waals surface area contributed by atoms with Gasteiger partial charge in [-0.05, 0) is 13.8 Å². The molecule has 0 aromatic heterocycles. The van der Waals surface area contributed by atoms with E-state index in [1.165, 1.54) is 20.8 Å². The molecule has 0 heterocycles. The van der Waals surface area contributed by atoms with Gasteiger partial charge in [-0.3, -0.25) is 0 Å². The molecule has 12 heavy (non-hydrogen) atoms. The first-order valence-corrected chi connectivity index (χ1v) is 3.55. The summed E-state index contributed by atoms with van der Waals surface area (Å²) in [5, 5.41) is 35.2. The number of aliphatic hydroxyl groups excluding tert-OH is 2. The van der Waals surface area contributed by atoms with Gasteiger partial charge in [0.2, 0.25) is 0 Å². The van der Waals surface area contributed by atoms with Crippen molar-refractivity contribution in [1.29, 1.82) is 0 Å². The summed E-state index contributed by atoms with van der Waals surface area (Å²) in [6.45, 7) is 6.89. The van der Waals surface area contributed by atoms with Crippen LogP contribution in [0.2, 0.25) is 0 Å². The zero-order valence-electron chi connectivity index (χ0n) is 7.74. The molecule has 0 radical (unpaired) electrons. The van der Waals surface area contributed by atoms with Crippen LogP contribution in [-0.2, 0) is 0 Å². The highest BCUT2D eigenvalue weighted by Gasteiger charge is 2.22. The summed E-state index contributed by atoms with van der Waals surface area (Å²) in [7, 11) is 0. The maximum atomic E-state index is 9.33. The Hall–Kier alpha value is -0.580. The van der Waals surface area contributed by atoms with Gasteiger partial charge < -0.3 is 20.4 Å². The molecule has 0 unspecified atom stereocenters. The van der Waals surface area contributed by atoms with Gasteiger partial charge >= 0.3 is 0 Å². The number of rotatable bonds is 2. The lowest BCUT2D eigenvalue weighted by Gasteiger charge is -2.21. The van der Waals surface area contributed by atoms with E-state index in [0.29, 0.717) is 0 Å². The Morgan fingerprint density at radius 2 is 1.83 bits per heavy atom. The molecule has 0 aliphatic carbocycles. The number of hydrogen-bond acceptors (Lipinski definition) is 4. The molecule has 0 aliphatic rings. The van der Waals surface area contributed by atoms with Crippen molar-refractivity contribution in [3.8, 4) is 0 Å². The zero-order chi connectivity index (χ0) is 10.4. The second-order valence-electron chi connectivity index (χ2n) is 3.05. The van der Waals surface area contributed by atoms with Crippen molar-refractivity contribution in [1.82, 2.24) is 0 Å². The predicted molar refractivity (Wildman–Crippen MR) is 44.2 cm³/mol. The van der Waals surface area contributed by atoms with Crippen molar-refractivity contribution in [2.75, 3.05) is 6.61 Å². The van der Waals surface area contributed by atoms with Gasteiger partial charge in [-0.1, -0.05) is 6.92 Å². The third kappa shape index (κ3) is 12.1. The quantitative estimate of drug-likeness (QED) is 0.472. The number of hydrogen-bond donors (Lipinski definition) is 3. The normalized spacial score (nSPS) is 12.8. The largest absolute Gasteiger partial charge is 0.876 e. The highest BCUT2D eigenvalue weighted by atomic mass is 16.4. The second-order valence-corrected chi connectivity index (χ2v) is 3.05. The van der Waals surface area contributed by atoms with Gasteiger partial charge in [0.1, 0.15) is 6.10 Å². The summed E-state index contributed by atoms with van der Waals surface area (Å²) >= 11 is 0. The average Bonchev–Trinajstić information content (AvgIpc) is 1.82. The van der Waals surface area contributed by atoms with Gasteiger partial charge in [-0.2, -0.15) is 0 Å². The van der Waals surface area contributed by atoms with E-state index in [9.17, 15) is 5.11 Å². The molecule has 0 aliphatic heterocycles. The molecule has 1 atom stereocenters. The Morgan fingerprint density at radius 1 is 1.58 bits per heavy atom. The van der Waals surface area contributed by atoms with E-state index in [0.717, 1.165) is 0 Å². The smallest absolute Gasteiger partial charge is 0.105 e. The van der Waals surface area contributed by atoms with Crippen molar-refractivity contribution in [3.05, 3.63) is 12.3 Å². The predicted octanol–water partition coefficient (Wildman–Crippen LogP) is -1.01. The van der Waals surface area contributed by atoms with Crippen molar-refractivity contribution >= 4 is 0 Å². The molecule has 4 nitrogen and oxygen atoms in total. The molecule has 0 saturated heterocycles. The molecule has 0 aromatic carbocycles.